The summed E-state index contributed by atoms with van der Waals surface area (Å²) in [4.78, 5) is 15.4. The molecule has 2 N–H and O–H groups in total. The molecule has 0 aliphatic rings. The number of H-pyrrole nitrogens is 1. The predicted molar refractivity (Wildman–Crippen MR) is 56.6 cm³/mol. The number of anilines is 1. The molecule has 16 heavy (non-hydrogen) atoms. The van der Waals surface area contributed by atoms with E-state index in [4.69, 9.17) is 0 Å². The van der Waals surface area contributed by atoms with Gasteiger partial charge in [-0.25, -0.2) is 9.67 Å². The lowest BCUT2D eigenvalue weighted by Crippen LogP contribution is -2.19. The number of nitrogens with one attached hydrogen (secondary N) is 2. The summed E-state index contributed by atoms with van der Waals surface area (Å²) in [5.41, 5.74) is 0.979. The molecule has 2 aromatic rings. The third kappa shape index (κ3) is 2.25. The monoisotopic (exact) mass is 220 g/mol. The minimum Gasteiger partial charge on any atom is -0.309 e. The molecule has 2 heterocycles. The van der Waals surface area contributed by atoms with Crippen LogP contribution in [0.3, 0.4) is 0 Å². The fraction of sp³-hybridized carbons (Fsp3) is 0.333. The van der Waals surface area contributed by atoms with Crippen LogP contribution in [0.4, 0.5) is 5.82 Å². The maximum Gasteiger partial charge on any atom is 0.247 e. The summed E-state index contributed by atoms with van der Waals surface area (Å²) < 4.78 is 1.46. The lowest BCUT2D eigenvalue weighted by molar-refractivity contribution is -0.116. The highest BCUT2D eigenvalue weighted by atomic mass is 16.2. The Balaban J connectivity index is 1.97. The number of carbonyl (C=O) groups excluding carboxylic acids is 1. The third-order valence-corrected chi connectivity index (χ3v) is 2.14. The van der Waals surface area contributed by atoms with Crippen molar-refractivity contribution >= 4 is 11.7 Å². The molecule has 7 heteroatoms. The first kappa shape index (κ1) is 10.3. The second-order valence-electron chi connectivity index (χ2n) is 3.27. The molecule has 2 rings (SSSR count). The molecule has 0 radical (unpaired) electrons. The molecule has 0 atom stereocenters. The van der Waals surface area contributed by atoms with E-state index in [1.807, 2.05) is 6.92 Å². The summed E-state index contributed by atoms with van der Waals surface area (Å²) in [5.74, 6) is 0.483. The van der Waals surface area contributed by atoms with Gasteiger partial charge in [-0.15, -0.1) is 0 Å². The molecule has 7 nitrogen and oxygen atoms in total. The highest BCUT2D eigenvalue weighted by molar-refractivity contribution is 5.90. The van der Waals surface area contributed by atoms with Crippen LogP contribution in [-0.4, -0.2) is 30.9 Å². The fourth-order valence-electron chi connectivity index (χ4n) is 1.33. The van der Waals surface area contributed by atoms with Gasteiger partial charge in [0, 0.05) is 5.56 Å². The van der Waals surface area contributed by atoms with E-state index in [1.54, 1.807) is 6.20 Å². The number of hydrogen-bond acceptors (Lipinski definition) is 4. The molecule has 0 saturated carbocycles. The van der Waals surface area contributed by atoms with Crippen LogP contribution in [0.25, 0.3) is 0 Å². The van der Waals surface area contributed by atoms with E-state index in [2.05, 4.69) is 25.6 Å². The fourth-order valence-corrected chi connectivity index (χ4v) is 1.33. The van der Waals surface area contributed by atoms with E-state index >= 15 is 0 Å². The van der Waals surface area contributed by atoms with Gasteiger partial charge in [0.2, 0.25) is 5.91 Å². The van der Waals surface area contributed by atoms with E-state index in [9.17, 15) is 4.79 Å². The molecule has 0 fully saturated rings. The third-order valence-electron chi connectivity index (χ3n) is 2.14. The largest absolute Gasteiger partial charge is 0.309 e. The molecule has 0 unspecified atom stereocenters. The molecular weight excluding hydrogens is 208 g/mol. The average molecular weight is 220 g/mol. The van der Waals surface area contributed by atoms with E-state index in [-0.39, 0.29) is 12.5 Å². The van der Waals surface area contributed by atoms with Crippen LogP contribution < -0.4 is 5.32 Å². The maximum absolute atomic E-state index is 11.6. The zero-order chi connectivity index (χ0) is 11.4. The Kier molecular flexibility index (Phi) is 2.95. The van der Waals surface area contributed by atoms with Gasteiger partial charge in [0.1, 0.15) is 25.0 Å². The number of aryl methyl sites for hydroxylation is 1. The molecule has 0 saturated heterocycles. The van der Waals surface area contributed by atoms with E-state index in [0.29, 0.717) is 5.82 Å². The van der Waals surface area contributed by atoms with Gasteiger partial charge in [0.05, 0.1) is 6.20 Å². The summed E-state index contributed by atoms with van der Waals surface area (Å²) in [6.45, 7) is 2.14. The number of aromatic nitrogens is 5. The van der Waals surface area contributed by atoms with E-state index < -0.39 is 0 Å². The highest BCUT2D eigenvalue weighted by Gasteiger charge is 2.08. The van der Waals surface area contributed by atoms with Crippen molar-refractivity contribution in [3.05, 3.63) is 24.4 Å². The predicted octanol–water partition coefficient (Wildman–Crippen LogP) is 0.202. The quantitative estimate of drug-likeness (QED) is 0.770. The first-order valence-electron chi connectivity index (χ1n) is 4.94. The van der Waals surface area contributed by atoms with Crippen LogP contribution >= 0.6 is 0 Å². The van der Waals surface area contributed by atoms with E-state index in [1.165, 1.54) is 17.3 Å². The Labute approximate surface area is 91.9 Å². The normalized spacial score (nSPS) is 10.3. The smallest absolute Gasteiger partial charge is 0.247 e. The zero-order valence-electron chi connectivity index (χ0n) is 8.84. The van der Waals surface area contributed by atoms with Gasteiger partial charge >= 0.3 is 0 Å². The van der Waals surface area contributed by atoms with Crippen molar-refractivity contribution in [2.24, 2.45) is 0 Å². The second kappa shape index (κ2) is 4.56. The van der Waals surface area contributed by atoms with Crippen molar-refractivity contribution in [1.82, 2.24) is 25.0 Å². The van der Waals surface area contributed by atoms with Gasteiger partial charge in [0.15, 0.2) is 0 Å². The standard InChI is InChI=1S/C9H12N6O/c1-2-7-3-11-14-9(7)13-8(16)4-15-6-10-5-12-15/h3,5-6H,2,4H2,1H3,(H2,11,13,14,16). The average Bonchev–Trinajstić information content (AvgIpc) is 2.88. The van der Waals surface area contributed by atoms with Gasteiger partial charge in [-0.1, -0.05) is 6.92 Å². The molecular formula is C9H12N6O. The van der Waals surface area contributed by atoms with E-state index in [0.717, 1.165) is 12.0 Å². The lowest BCUT2D eigenvalue weighted by Gasteiger charge is -2.04. The molecule has 0 aliphatic heterocycles. The molecule has 0 bridgehead atoms. The summed E-state index contributed by atoms with van der Waals surface area (Å²) in [5, 5.41) is 13.2. The van der Waals surface area contributed by atoms with Gasteiger partial charge < -0.3 is 5.32 Å². The summed E-state index contributed by atoms with van der Waals surface area (Å²) >= 11 is 0. The number of nitrogens with zero attached hydrogens (tertiary/aromatic N) is 4. The van der Waals surface area contributed by atoms with Crippen LogP contribution in [0.5, 0.6) is 0 Å². The van der Waals surface area contributed by atoms with Crippen molar-refractivity contribution in [3.8, 4) is 0 Å². The van der Waals surface area contributed by atoms with Gasteiger partial charge in [-0.3, -0.25) is 9.89 Å². The van der Waals surface area contributed by atoms with Crippen LogP contribution in [0.1, 0.15) is 12.5 Å². The minimum absolute atomic E-state index is 0.141. The SMILES string of the molecule is CCc1cn[nH]c1NC(=O)Cn1cncn1. The van der Waals surface area contributed by atoms with Gasteiger partial charge in [-0.2, -0.15) is 10.2 Å². The van der Waals surface area contributed by atoms with Crippen molar-refractivity contribution in [1.29, 1.82) is 0 Å². The maximum atomic E-state index is 11.6. The summed E-state index contributed by atoms with van der Waals surface area (Å²) in [6, 6.07) is 0. The first-order valence-corrected chi connectivity index (χ1v) is 4.94. The highest BCUT2D eigenvalue weighted by Crippen LogP contribution is 2.10. The second-order valence-corrected chi connectivity index (χ2v) is 3.27. The first-order chi connectivity index (χ1) is 7.79. The van der Waals surface area contributed by atoms with Crippen molar-refractivity contribution in [2.45, 2.75) is 19.9 Å². The Morgan fingerprint density at radius 2 is 2.50 bits per heavy atom. The number of hydrogen-bond donors (Lipinski definition) is 2. The zero-order valence-corrected chi connectivity index (χ0v) is 8.84. The molecule has 0 spiro atoms. The number of rotatable bonds is 4. The Bertz CT molecular complexity index is 460. The van der Waals surface area contributed by atoms with Crippen LogP contribution in [-0.2, 0) is 17.8 Å². The summed E-state index contributed by atoms with van der Waals surface area (Å²) in [6.07, 6.45) is 5.40. The van der Waals surface area contributed by atoms with Crippen molar-refractivity contribution in [3.63, 3.8) is 0 Å². The molecule has 1 amide bonds. The van der Waals surface area contributed by atoms with Crippen molar-refractivity contribution in [2.75, 3.05) is 5.32 Å². The lowest BCUT2D eigenvalue weighted by atomic mass is 10.2. The molecule has 84 valence electrons. The van der Waals surface area contributed by atoms with Crippen LogP contribution in [0.15, 0.2) is 18.9 Å². The number of amides is 1. The Hall–Kier alpha value is -2.18. The number of carbonyl (C=O) groups is 1. The van der Waals surface area contributed by atoms with Crippen LogP contribution in [0.2, 0.25) is 0 Å². The summed E-state index contributed by atoms with van der Waals surface area (Å²) in [7, 11) is 0. The van der Waals surface area contributed by atoms with Crippen LogP contribution in [0, 0.1) is 0 Å². The molecule has 0 aliphatic carbocycles. The Morgan fingerprint density at radius 1 is 1.62 bits per heavy atom. The molecule has 0 aromatic carbocycles. The Morgan fingerprint density at radius 3 is 3.19 bits per heavy atom. The topological polar surface area (TPSA) is 88.5 Å². The van der Waals surface area contributed by atoms with Crippen molar-refractivity contribution < 1.29 is 4.79 Å². The minimum atomic E-state index is -0.163. The number of aromatic amines is 1. The molecule has 2 aromatic heterocycles. The van der Waals surface area contributed by atoms with Gasteiger partial charge in [-0.05, 0) is 6.42 Å². The van der Waals surface area contributed by atoms with Gasteiger partial charge in [0.25, 0.3) is 0 Å².